The summed E-state index contributed by atoms with van der Waals surface area (Å²) in [5.41, 5.74) is 1.11. The maximum absolute atomic E-state index is 10.8. The van der Waals surface area contributed by atoms with E-state index in [1.165, 1.54) is 6.07 Å². The van der Waals surface area contributed by atoms with Gasteiger partial charge in [-0.15, -0.1) is 0 Å². The minimum Gasteiger partial charge on any atom is -0.299 e. The molecule has 1 rings (SSSR count). The second-order valence-corrected chi connectivity index (χ2v) is 5.61. The number of nitro benzene ring substituents is 1. The van der Waals surface area contributed by atoms with Gasteiger partial charge in [0.15, 0.2) is 0 Å². The fraction of sp³-hybridized carbons (Fsp3) is 0.538. The number of nitrogens with zero attached hydrogens (tertiary/aromatic N) is 2. The van der Waals surface area contributed by atoms with Crippen molar-refractivity contribution in [1.82, 2.24) is 4.90 Å². The van der Waals surface area contributed by atoms with Crippen LogP contribution >= 0.6 is 15.9 Å². The molecule has 0 amide bonds. The van der Waals surface area contributed by atoms with Crippen molar-refractivity contribution >= 4 is 21.6 Å². The Morgan fingerprint density at radius 3 is 2.61 bits per heavy atom. The van der Waals surface area contributed by atoms with Crippen LogP contribution in [0.1, 0.15) is 26.3 Å². The number of hydrogen-bond acceptors (Lipinski definition) is 3. The number of benzene rings is 1. The molecule has 0 aromatic heterocycles. The molecule has 0 aliphatic heterocycles. The van der Waals surface area contributed by atoms with Crippen molar-refractivity contribution < 1.29 is 4.92 Å². The molecule has 0 spiro atoms. The summed E-state index contributed by atoms with van der Waals surface area (Å²) in [6.45, 7) is 9.11. The first-order valence-corrected chi connectivity index (χ1v) is 6.88. The Bertz CT molecular complexity index is 421. The van der Waals surface area contributed by atoms with Crippen LogP contribution in [0.3, 0.4) is 0 Å². The van der Waals surface area contributed by atoms with Crippen molar-refractivity contribution in [2.45, 2.75) is 27.3 Å². The van der Waals surface area contributed by atoms with Crippen molar-refractivity contribution in [3.05, 3.63) is 38.3 Å². The van der Waals surface area contributed by atoms with E-state index in [2.05, 4.69) is 41.6 Å². The lowest BCUT2D eigenvalue weighted by atomic mass is 10.1. The third-order valence-electron chi connectivity index (χ3n) is 2.70. The zero-order chi connectivity index (χ0) is 13.7. The molecular formula is C13H19BrN2O2. The summed E-state index contributed by atoms with van der Waals surface area (Å²) in [5, 5.41) is 10.8. The fourth-order valence-corrected chi connectivity index (χ4v) is 2.23. The third-order valence-corrected chi connectivity index (χ3v) is 3.48. The molecule has 1 aromatic rings. The van der Waals surface area contributed by atoms with Gasteiger partial charge in [0.2, 0.25) is 0 Å². The topological polar surface area (TPSA) is 46.4 Å². The Hall–Kier alpha value is -0.940. The summed E-state index contributed by atoms with van der Waals surface area (Å²) in [6.07, 6.45) is 0. The molecule has 1 aromatic carbocycles. The zero-order valence-corrected chi connectivity index (χ0v) is 12.6. The van der Waals surface area contributed by atoms with Gasteiger partial charge in [0.05, 0.1) is 4.92 Å². The second-order valence-electron chi connectivity index (χ2n) is 4.75. The van der Waals surface area contributed by atoms with Gasteiger partial charge < -0.3 is 0 Å². The van der Waals surface area contributed by atoms with Crippen molar-refractivity contribution in [3.8, 4) is 0 Å². The standard InChI is InChI=1S/C13H19BrN2O2/c1-4-15(8-10(2)3)9-11-7-12(16(17)18)5-6-13(11)14/h5-7,10H,4,8-9H2,1-3H3. The molecule has 0 fully saturated rings. The molecule has 0 bridgehead atoms. The Labute approximate surface area is 116 Å². The normalized spacial score (nSPS) is 11.2. The molecule has 0 unspecified atom stereocenters. The number of non-ortho nitro benzene ring substituents is 1. The second kappa shape index (κ2) is 6.85. The smallest absolute Gasteiger partial charge is 0.269 e. The van der Waals surface area contributed by atoms with Gasteiger partial charge in [-0.3, -0.25) is 15.0 Å². The quantitative estimate of drug-likeness (QED) is 0.592. The van der Waals surface area contributed by atoms with Gasteiger partial charge in [-0.1, -0.05) is 36.7 Å². The molecule has 4 nitrogen and oxygen atoms in total. The van der Waals surface area contributed by atoms with Gasteiger partial charge in [0.25, 0.3) is 5.69 Å². The van der Waals surface area contributed by atoms with Crippen LogP contribution in [0.5, 0.6) is 0 Å². The molecule has 0 radical (unpaired) electrons. The first-order valence-electron chi connectivity index (χ1n) is 6.09. The average Bonchev–Trinajstić information content (AvgIpc) is 2.29. The predicted octanol–water partition coefficient (Wildman–Crippen LogP) is 3.84. The van der Waals surface area contributed by atoms with Gasteiger partial charge in [-0.2, -0.15) is 0 Å². The highest BCUT2D eigenvalue weighted by molar-refractivity contribution is 9.10. The fourth-order valence-electron chi connectivity index (χ4n) is 1.86. The first-order chi connectivity index (χ1) is 8.43. The Balaban J connectivity index is 2.87. The van der Waals surface area contributed by atoms with Crippen LogP contribution < -0.4 is 0 Å². The molecule has 100 valence electrons. The van der Waals surface area contributed by atoms with Crippen LogP contribution in [0.25, 0.3) is 0 Å². The van der Waals surface area contributed by atoms with Gasteiger partial charge in [-0.25, -0.2) is 0 Å². The molecule has 0 N–H and O–H groups in total. The summed E-state index contributed by atoms with van der Waals surface area (Å²) >= 11 is 3.45. The zero-order valence-electron chi connectivity index (χ0n) is 11.0. The van der Waals surface area contributed by atoms with Gasteiger partial charge in [-0.05, 0) is 24.1 Å². The van der Waals surface area contributed by atoms with Crippen molar-refractivity contribution in [2.24, 2.45) is 5.92 Å². The van der Waals surface area contributed by atoms with Gasteiger partial charge in [0.1, 0.15) is 0 Å². The molecule has 18 heavy (non-hydrogen) atoms. The monoisotopic (exact) mass is 314 g/mol. The van der Waals surface area contributed by atoms with Crippen LogP contribution in [-0.4, -0.2) is 22.9 Å². The lowest BCUT2D eigenvalue weighted by molar-refractivity contribution is -0.384. The van der Waals surface area contributed by atoms with Crippen LogP contribution in [0.15, 0.2) is 22.7 Å². The Morgan fingerprint density at radius 1 is 1.44 bits per heavy atom. The highest BCUT2D eigenvalue weighted by Gasteiger charge is 2.12. The number of nitro groups is 1. The van der Waals surface area contributed by atoms with Crippen molar-refractivity contribution in [1.29, 1.82) is 0 Å². The van der Waals surface area contributed by atoms with E-state index in [0.29, 0.717) is 5.92 Å². The summed E-state index contributed by atoms with van der Waals surface area (Å²) in [5.74, 6) is 0.586. The summed E-state index contributed by atoms with van der Waals surface area (Å²) < 4.78 is 0.926. The molecule has 0 aliphatic carbocycles. The molecule has 5 heteroatoms. The van der Waals surface area contributed by atoms with E-state index in [-0.39, 0.29) is 10.6 Å². The molecule has 0 atom stereocenters. The Kier molecular flexibility index (Phi) is 5.75. The predicted molar refractivity (Wildman–Crippen MR) is 76.6 cm³/mol. The van der Waals surface area contributed by atoms with E-state index >= 15 is 0 Å². The average molecular weight is 315 g/mol. The largest absolute Gasteiger partial charge is 0.299 e. The summed E-state index contributed by atoms with van der Waals surface area (Å²) in [6, 6.07) is 4.91. The van der Waals surface area contributed by atoms with E-state index in [9.17, 15) is 10.1 Å². The minimum atomic E-state index is -0.353. The lowest BCUT2D eigenvalue weighted by Crippen LogP contribution is -2.27. The molecule has 0 heterocycles. The highest BCUT2D eigenvalue weighted by Crippen LogP contribution is 2.24. The van der Waals surface area contributed by atoms with Crippen molar-refractivity contribution in [2.75, 3.05) is 13.1 Å². The lowest BCUT2D eigenvalue weighted by Gasteiger charge is -2.23. The summed E-state index contributed by atoms with van der Waals surface area (Å²) in [4.78, 5) is 12.7. The van der Waals surface area contributed by atoms with E-state index in [4.69, 9.17) is 0 Å². The molecular weight excluding hydrogens is 296 g/mol. The molecule has 0 saturated carbocycles. The molecule has 0 saturated heterocycles. The number of hydrogen-bond donors (Lipinski definition) is 0. The van der Waals surface area contributed by atoms with E-state index < -0.39 is 0 Å². The van der Waals surface area contributed by atoms with Crippen LogP contribution in [0.4, 0.5) is 5.69 Å². The van der Waals surface area contributed by atoms with E-state index in [1.807, 2.05) is 0 Å². The number of rotatable bonds is 6. The third kappa shape index (κ3) is 4.38. The maximum atomic E-state index is 10.8. The minimum absolute atomic E-state index is 0.147. The first kappa shape index (κ1) is 15.1. The van der Waals surface area contributed by atoms with Gasteiger partial charge in [0, 0.05) is 29.7 Å². The Morgan fingerprint density at radius 2 is 2.11 bits per heavy atom. The molecule has 0 aliphatic rings. The van der Waals surface area contributed by atoms with Gasteiger partial charge >= 0.3 is 0 Å². The maximum Gasteiger partial charge on any atom is 0.269 e. The SMILES string of the molecule is CCN(Cc1cc([N+](=O)[O-])ccc1Br)CC(C)C. The van der Waals surface area contributed by atoms with E-state index in [1.54, 1.807) is 12.1 Å². The summed E-state index contributed by atoms with van der Waals surface area (Å²) in [7, 11) is 0. The van der Waals surface area contributed by atoms with Crippen LogP contribution in [0, 0.1) is 16.0 Å². The number of halogens is 1. The van der Waals surface area contributed by atoms with Crippen LogP contribution in [-0.2, 0) is 6.54 Å². The van der Waals surface area contributed by atoms with E-state index in [0.717, 1.165) is 29.7 Å². The van der Waals surface area contributed by atoms with Crippen molar-refractivity contribution in [3.63, 3.8) is 0 Å². The highest BCUT2D eigenvalue weighted by atomic mass is 79.9. The van der Waals surface area contributed by atoms with Crippen LogP contribution in [0.2, 0.25) is 0 Å².